The Hall–Kier alpha value is -1.42. The predicted octanol–water partition coefficient (Wildman–Crippen LogP) is 2.42. The number of benzene rings is 1. The fourth-order valence-electron chi connectivity index (χ4n) is 2.96. The Labute approximate surface area is 121 Å². The molecular formula is C16H24N2O2. The molecule has 1 heterocycles. The quantitative estimate of drug-likeness (QED) is 0.895. The maximum Gasteiger partial charge on any atom is 0.145 e. The van der Waals surface area contributed by atoms with E-state index in [-0.39, 0.29) is 0 Å². The molecule has 2 fully saturated rings. The van der Waals surface area contributed by atoms with Crippen LogP contribution in [0.3, 0.4) is 0 Å². The van der Waals surface area contributed by atoms with Crippen LogP contribution >= 0.6 is 0 Å². The van der Waals surface area contributed by atoms with Crippen LogP contribution in [0.2, 0.25) is 0 Å². The topological polar surface area (TPSA) is 33.7 Å². The van der Waals surface area contributed by atoms with Gasteiger partial charge in [-0.15, -0.1) is 0 Å². The van der Waals surface area contributed by atoms with Crippen molar-refractivity contribution in [3.05, 3.63) is 18.2 Å². The first-order valence-corrected chi connectivity index (χ1v) is 7.53. The minimum atomic E-state index is 0.614. The Morgan fingerprint density at radius 2 is 1.95 bits per heavy atom. The van der Waals surface area contributed by atoms with E-state index in [2.05, 4.69) is 16.3 Å². The lowest BCUT2D eigenvalue weighted by Crippen LogP contribution is -2.46. The summed E-state index contributed by atoms with van der Waals surface area (Å²) >= 11 is 0. The summed E-state index contributed by atoms with van der Waals surface area (Å²) in [6.45, 7) is 2.17. The summed E-state index contributed by atoms with van der Waals surface area (Å²) in [5.74, 6) is 1.74. The monoisotopic (exact) mass is 276 g/mol. The van der Waals surface area contributed by atoms with E-state index in [4.69, 9.17) is 9.47 Å². The SMILES string of the molecule is COc1ccc(N2CCCC(NC3CC3)C2)c(OC)c1. The van der Waals surface area contributed by atoms with Crippen molar-refractivity contribution in [1.82, 2.24) is 5.32 Å². The minimum absolute atomic E-state index is 0.614. The summed E-state index contributed by atoms with van der Waals surface area (Å²) in [4.78, 5) is 2.43. The van der Waals surface area contributed by atoms with Crippen molar-refractivity contribution in [1.29, 1.82) is 0 Å². The van der Waals surface area contributed by atoms with E-state index < -0.39 is 0 Å². The van der Waals surface area contributed by atoms with Crippen molar-refractivity contribution in [2.24, 2.45) is 0 Å². The molecule has 20 heavy (non-hydrogen) atoms. The van der Waals surface area contributed by atoms with Crippen LogP contribution < -0.4 is 19.7 Å². The highest BCUT2D eigenvalue weighted by atomic mass is 16.5. The number of nitrogens with one attached hydrogen (secondary N) is 1. The molecule has 4 heteroatoms. The maximum atomic E-state index is 5.53. The summed E-state index contributed by atoms with van der Waals surface area (Å²) in [5.41, 5.74) is 1.18. The average Bonchev–Trinajstić information content (AvgIpc) is 3.30. The zero-order chi connectivity index (χ0) is 13.9. The van der Waals surface area contributed by atoms with Gasteiger partial charge in [0.15, 0.2) is 0 Å². The molecular weight excluding hydrogens is 252 g/mol. The Kier molecular flexibility index (Phi) is 4.01. The molecule has 0 aromatic heterocycles. The van der Waals surface area contributed by atoms with Crippen LogP contribution in [0.25, 0.3) is 0 Å². The molecule has 1 atom stereocenters. The highest BCUT2D eigenvalue weighted by molar-refractivity contribution is 5.61. The number of nitrogens with zero attached hydrogens (tertiary/aromatic N) is 1. The van der Waals surface area contributed by atoms with Crippen LogP contribution in [0.15, 0.2) is 18.2 Å². The Morgan fingerprint density at radius 1 is 1.10 bits per heavy atom. The van der Waals surface area contributed by atoms with Crippen LogP contribution in [0.1, 0.15) is 25.7 Å². The fourth-order valence-corrected chi connectivity index (χ4v) is 2.96. The van der Waals surface area contributed by atoms with E-state index >= 15 is 0 Å². The lowest BCUT2D eigenvalue weighted by Gasteiger charge is -2.35. The first-order chi connectivity index (χ1) is 9.80. The second-order valence-corrected chi connectivity index (χ2v) is 5.76. The van der Waals surface area contributed by atoms with Gasteiger partial charge in [0.25, 0.3) is 0 Å². The number of piperidine rings is 1. The minimum Gasteiger partial charge on any atom is -0.497 e. The molecule has 1 N–H and O–H groups in total. The zero-order valence-electron chi connectivity index (χ0n) is 12.4. The molecule has 0 spiro atoms. The highest BCUT2D eigenvalue weighted by Crippen LogP contribution is 2.34. The second kappa shape index (κ2) is 5.92. The molecule has 0 amide bonds. The molecule has 1 saturated carbocycles. The zero-order valence-corrected chi connectivity index (χ0v) is 12.4. The Morgan fingerprint density at radius 3 is 2.65 bits per heavy atom. The van der Waals surface area contributed by atoms with Crippen molar-refractivity contribution in [3.8, 4) is 11.5 Å². The van der Waals surface area contributed by atoms with Gasteiger partial charge in [-0.3, -0.25) is 0 Å². The van der Waals surface area contributed by atoms with E-state index in [1.165, 1.54) is 31.4 Å². The molecule has 4 nitrogen and oxygen atoms in total. The summed E-state index contributed by atoms with van der Waals surface area (Å²) in [6.07, 6.45) is 5.22. The summed E-state index contributed by atoms with van der Waals surface area (Å²) in [7, 11) is 3.41. The molecule has 1 aliphatic carbocycles. The first-order valence-electron chi connectivity index (χ1n) is 7.53. The second-order valence-electron chi connectivity index (χ2n) is 5.76. The standard InChI is InChI=1S/C16H24N2O2/c1-19-14-7-8-15(16(10-14)20-2)18-9-3-4-13(11-18)17-12-5-6-12/h7-8,10,12-13,17H,3-6,9,11H2,1-2H3. The summed E-state index contributed by atoms with van der Waals surface area (Å²) in [5, 5.41) is 3.75. The third-order valence-electron chi connectivity index (χ3n) is 4.20. The molecule has 3 rings (SSSR count). The number of ether oxygens (including phenoxy) is 2. The van der Waals surface area contributed by atoms with Gasteiger partial charge >= 0.3 is 0 Å². The molecule has 1 aliphatic heterocycles. The van der Waals surface area contributed by atoms with Crippen LogP contribution in [-0.2, 0) is 0 Å². The smallest absolute Gasteiger partial charge is 0.145 e. The molecule has 1 aromatic rings. The average molecular weight is 276 g/mol. The van der Waals surface area contributed by atoms with Gasteiger partial charge in [-0.1, -0.05) is 0 Å². The normalized spacial score (nSPS) is 22.7. The van der Waals surface area contributed by atoms with Crippen molar-refractivity contribution < 1.29 is 9.47 Å². The molecule has 0 bridgehead atoms. The molecule has 1 unspecified atom stereocenters. The van der Waals surface area contributed by atoms with Crippen molar-refractivity contribution in [2.75, 3.05) is 32.2 Å². The molecule has 0 radical (unpaired) electrons. The fraction of sp³-hybridized carbons (Fsp3) is 0.625. The van der Waals surface area contributed by atoms with E-state index in [0.717, 1.165) is 30.6 Å². The van der Waals surface area contributed by atoms with Crippen LogP contribution in [0.4, 0.5) is 5.69 Å². The molecule has 2 aliphatic rings. The summed E-state index contributed by atoms with van der Waals surface area (Å²) in [6, 6.07) is 7.47. The van der Waals surface area contributed by atoms with Gasteiger partial charge in [0.05, 0.1) is 19.9 Å². The highest BCUT2D eigenvalue weighted by Gasteiger charge is 2.28. The molecule has 1 aromatic carbocycles. The third-order valence-corrected chi connectivity index (χ3v) is 4.20. The van der Waals surface area contributed by atoms with E-state index in [1.807, 2.05) is 12.1 Å². The number of hydrogen-bond acceptors (Lipinski definition) is 4. The lowest BCUT2D eigenvalue weighted by atomic mass is 10.0. The van der Waals surface area contributed by atoms with E-state index in [9.17, 15) is 0 Å². The Balaban J connectivity index is 1.73. The maximum absolute atomic E-state index is 5.53. The first kappa shape index (κ1) is 13.6. The number of anilines is 1. The summed E-state index contributed by atoms with van der Waals surface area (Å²) < 4.78 is 10.8. The van der Waals surface area contributed by atoms with Gasteiger partial charge in [0.1, 0.15) is 11.5 Å². The number of methoxy groups -OCH3 is 2. The number of rotatable bonds is 5. The third kappa shape index (κ3) is 3.01. The van der Waals surface area contributed by atoms with E-state index in [0.29, 0.717) is 6.04 Å². The van der Waals surface area contributed by atoms with Gasteiger partial charge in [-0.05, 0) is 37.8 Å². The van der Waals surface area contributed by atoms with Gasteiger partial charge < -0.3 is 19.7 Å². The van der Waals surface area contributed by atoms with Gasteiger partial charge in [0.2, 0.25) is 0 Å². The van der Waals surface area contributed by atoms with Crippen molar-refractivity contribution in [3.63, 3.8) is 0 Å². The largest absolute Gasteiger partial charge is 0.497 e. The van der Waals surface area contributed by atoms with Crippen molar-refractivity contribution in [2.45, 2.75) is 37.8 Å². The number of hydrogen-bond donors (Lipinski definition) is 1. The predicted molar refractivity (Wildman–Crippen MR) is 80.9 cm³/mol. The molecule has 110 valence electrons. The van der Waals surface area contributed by atoms with Gasteiger partial charge in [0, 0.05) is 31.2 Å². The van der Waals surface area contributed by atoms with Gasteiger partial charge in [-0.25, -0.2) is 0 Å². The molecule has 1 saturated heterocycles. The van der Waals surface area contributed by atoms with Crippen LogP contribution in [-0.4, -0.2) is 39.4 Å². The lowest BCUT2D eigenvalue weighted by molar-refractivity contribution is 0.387. The van der Waals surface area contributed by atoms with E-state index in [1.54, 1.807) is 14.2 Å². The Bertz CT molecular complexity index is 460. The van der Waals surface area contributed by atoms with Crippen LogP contribution in [0.5, 0.6) is 11.5 Å². The van der Waals surface area contributed by atoms with Crippen molar-refractivity contribution >= 4 is 5.69 Å². The van der Waals surface area contributed by atoms with Gasteiger partial charge in [-0.2, -0.15) is 0 Å². The van der Waals surface area contributed by atoms with Crippen LogP contribution in [0, 0.1) is 0 Å².